The van der Waals surface area contributed by atoms with Crippen LogP contribution in [0.3, 0.4) is 0 Å². The van der Waals surface area contributed by atoms with Gasteiger partial charge in [0.25, 0.3) is 0 Å². The lowest BCUT2D eigenvalue weighted by Crippen LogP contribution is -1.98. The van der Waals surface area contributed by atoms with Crippen LogP contribution in [-0.4, -0.2) is 35.3 Å². The number of rotatable bonds is 5. The summed E-state index contributed by atoms with van der Waals surface area (Å²) in [5, 5.41) is 12.3. The van der Waals surface area contributed by atoms with Crippen LogP contribution in [0.15, 0.2) is 53.4 Å². The molecule has 29 heavy (non-hydrogen) atoms. The molecule has 0 N–H and O–H groups in total. The van der Waals surface area contributed by atoms with Crippen LogP contribution in [0, 0.1) is 13.8 Å². The van der Waals surface area contributed by atoms with Gasteiger partial charge >= 0.3 is 0 Å². The van der Waals surface area contributed by atoms with Gasteiger partial charge in [0.05, 0.1) is 11.6 Å². The Morgan fingerprint density at radius 3 is 2.79 bits per heavy atom. The van der Waals surface area contributed by atoms with Crippen LogP contribution in [0.2, 0.25) is 0 Å². The molecule has 9 heteroatoms. The first kappa shape index (κ1) is 17.5. The highest BCUT2D eigenvalue weighted by atomic mass is 32.1. The minimum Gasteiger partial charge on any atom is -0.387 e. The van der Waals surface area contributed by atoms with Crippen molar-refractivity contribution < 1.29 is 4.84 Å². The predicted octanol–water partition coefficient (Wildman–Crippen LogP) is 3.69. The summed E-state index contributed by atoms with van der Waals surface area (Å²) in [5.74, 6) is 0.545. The van der Waals surface area contributed by atoms with Crippen molar-refractivity contribution in [2.75, 3.05) is 0 Å². The summed E-state index contributed by atoms with van der Waals surface area (Å²) in [6.07, 6.45) is 5.13. The lowest BCUT2D eigenvalue weighted by molar-refractivity contribution is 0.126. The van der Waals surface area contributed by atoms with Gasteiger partial charge in [-0.2, -0.15) is 0 Å². The van der Waals surface area contributed by atoms with E-state index in [9.17, 15) is 0 Å². The molecule has 1 aromatic carbocycles. The molecule has 144 valence electrons. The molecule has 0 saturated heterocycles. The maximum atomic E-state index is 5.38. The van der Waals surface area contributed by atoms with Gasteiger partial charge in [-0.3, -0.25) is 4.57 Å². The van der Waals surface area contributed by atoms with Crippen molar-refractivity contribution in [3.05, 3.63) is 70.9 Å². The fourth-order valence-electron chi connectivity index (χ4n) is 3.26. The standard InChI is InChI=1S/C20H17N7OS/c1-13-14(2)27(20-21-8-9-29-20)18-17(13)19-24-16(25-26(19)12-22-18)11-28-23-10-15-6-4-3-5-7-15/h3-10,12H,11H2,1-2H3/b23-10+. The largest absolute Gasteiger partial charge is 0.387 e. The monoisotopic (exact) mass is 403 g/mol. The molecule has 4 aromatic heterocycles. The Balaban J connectivity index is 1.48. The maximum absolute atomic E-state index is 5.38. The van der Waals surface area contributed by atoms with Crippen molar-refractivity contribution in [3.63, 3.8) is 0 Å². The van der Waals surface area contributed by atoms with Crippen LogP contribution in [0.1, 0.15) is 22.6 Å². The maximum Gasteiger partial charge on any atom is 0.195 e. The van der Waals surface area contributed by atoms with E-state index in [1.165, 1.54) is 0 Å². The molecule has 8 nitrogen and oxygen atoms in total. The summed E-state index contributed by atoms with van der Waals surface area (Å²) in [6.45, 7) is 4.31. The third-order valence-electron chi connectivity index (χ3n) is 4.76. The summed E-state index contributed by atoms with van der Waals surface area (Å²) < 4.78 is 3.74. The number of aromatic nitrogens is 6. The topological polar surface area (TPSA) is 82.5 Å². The summed E-state index contributed by atoms with van der Waals surface area (Å²) >= 11 is 1.57. The average molecular weight is 403 g/mol. The zero-order valence-corrected chi connectivity index (χ0v) is 16.7. The smallest absolute Gasteiger partial charge is 0.195 e. The predicted molar refractivity (Wildman–Crippen MR) is 112 cm³/mol. The molecule has 0 aliphatic heterocycles. The fourth-order valence-corrected chi connectivity index (χ4v) is 3.95. The average Bonchev–Trinajstić information content (AvgIpc) is 3.45. The van der Waals surface area contributed by atoms with E-state index in [1.807, 2.05) is 35.7 Å². The van der Waals surface area contributed by atoms with Gasteiger partial charge in [-0.15, -0.1) is 16.4 Å². The molecule has 0 aliphatic rings. The van der Waals surface area contributed by atoms with Gasteiger partial charge in [0.1, 0.15) is 6.33 Å². The highest BCUT2D eigenvalue weighted by Gasteiger charge is 2.19. The number of hydrogen-bond acceptors (Lipinski definition) is 7. The lowest BCUT2D eigenvalue weighted by atomic mass is 10.2. The SMILES string of the molecule is Cc1c(C)n(-c2nccs2)c2ncn3nc(CO/N=C/c4ccccc4)nc3c12. The molecule has 0 aliphatic carbocycles. The third kappa shape index (κ3) is 3.05. The van der Waals surface area contributed by atoms with Crippen LogP contribution in [-0.2, 0) is 11.4 Å². The lowest BCUT2D eigenvalue weighted by Gasteiger charge is -2.02. The van der Waals surface area contributed by atoms with Crippen LogP contribution in [0.4, 0.5) is 0 Å². The Morgan fingerprint density at radius 1 is 1.14 bits per heavy atom. The number of fused-ring (bicyclic) bond motifs is 3. The van der Waals surface area contributed by atoms with E-state index in [-0.39, 0.29) is 6.61 Å². The van der Waals surface area contributed by atoms with E-state index in [4.69, 9.17) is 4.84 Å². The minimum atomic E-state index is 0.178. The van der Waals surface area contributed by atoms with Gasteiger partial charge in [0.2, 0.25) is 0 Å². The Labute approximate surface area is 170 Å². The van der Waals surface area contributed by atoms with Crippen LogP contribution < -0.4 is 0 Å². The van der Waals surface area contributed by atoms with E-state index in [0.717, 1.165) is 38.6 Å². The van der Waals surface area contributed by atoms with Gasteiger partial charge in [0.15, 0.2) is 28.9 Å². The Bertz CT molecular complexity index is 1320. The number of hydrogen-bond donors (Lipinski definition) is 0. The first-order valence-electron chi connectivity index (χ1n) is 9.04. The Morgan fingerprint density at radius 2 is 2.00 bits per heavy atom. The van der Waals surface area contributed by atoms with Gasteiger partial charge in [-0.05, 0) is 25.0 Å². The second-order valence-corrected chi connectivity index (χ2v) is 7.39. The van der Waals surface area contributed by atoms with E-state index >= 15 is 0 Å². The van der Waals surface area contributed by atoms with E-state index in [0.29, 0.717) is 5.82 Å². The second-order valence-electron chi connectivity index (χ2n) is 6.52. The van der Waals surface area contributed by atoms with Crippen LogP contribution in [0.5, 0.6) is 0 Å². The summed E-state index contributed by atoms with van der Waals surface area (Å²) in [7, 11) is 0. The minimum absolute atomic E-state index is 0.178. The molecule has 0 fully saturated rings. The van der Waals surface area contributed by atoms with Crippen molar-refractivity contribution in [2.45, 2.75) is 20.5 Å². The zero-order chi connectivity index (χ0) is 19.8. The molecule has 0 bridgehead atoms. The van der Waals surface area contributed by atoms with Gasteiger partial charge in [-0.1, -0.05) is 35.5 Å². The molecular weight excluding hydrogens is 386 g/mol. The molecule has 0 unspecified atom stereocenters. The van der Waals surface area contributed by atoms with E-state index < -0.39 is 0 Å². The fraction of sp³-hybridized carbons (Fsp3) is 0.150. The molecule has 0 amide bonds. The number of nitrogens with zero attached hydrogens (tertiary/aromatic N) is 7. The van der Waals surface area contributed by atoms with Crippen molar-refractivity contribution in [1.29, 1.82) is 0 Å². The normalized spacial score (nSPS) is 11.8. The molecule has 0 radical (unpaired) electrons. The quantitative estimate of drug-likeness (QED) is 0.330. The molecular formula is C20H17N7OS. The molecule has 4 heterocycles. The molecule has 5 aromatic rings. The highest BCUT2D eigenvalue weighted by Crippen LogP contribution is 2.30. The second kappa shape index (κ2) is 7.10. The number of benzene rings is 1. The Kier molecular flexibility index (Phi) is 4.28. The van der Waals surface area contributed by atoms with Crippen molar-refractivity contribution in [1.82, 2.24) is 29.1 Å². The van der Waals surface area contributed by atoms with Gasteiger partial charge in [-0.25, -0.2) is 19.5 Å². The molecule has 0 spiro atoms. The van der Waals surface area contributed by atoms with Gasteiger partial charge < -0.3 is 4.84 Å². The van der Waals surface area contributed by atoms with Crippen LogP contribution in [0.25, 0.3) is 21.8 Å². The molecule has 0 atom stereocenters. The summed E-state index contributed by atoms with van der Waals surface area (Å²) in [4.78, 5) is 19.1. The molecule has 5 rings (SSSR count). The first-order chi connectivity index (χ1) is 14.2. The van der Waals surface area contributed by atoms with Gasteiger partial charge in [0, 0.05) is 17.3 Å². The van der Waals surface area contributed by atoms with E-state index in [1.54, 1.807) is 34.6 Å². The Hall–Kier alpha value is -3.59. The van der Waals surface area contributed by atoms with E-state index in [2.05, 4.69) is 43.6 Å². The summed E-state index contributed by atoms with van der Waals surface area (Å²) in [5.41, 5.74) is 4.73. The summed E-state index contributed by atoms with van der Waals surface area (Å²) in [6, 6.07) is 9.77. The van der Waals surface area contributed by atoms with Crippen LogP contribution >= 0.6 is 11.3 Å². The number of thiazole rings is 1. The number of oxime groups is 1. The third-order valence-corrected chi connectivity index (χ3v) is 5.51. The van der Waals surface area contributed by atoms with Crippen molar-refractivity contribution in [3.8, 4) is 5.13 Å². The highest BCUT2D eigenvalue weighted by molar-refractivity contribution is 7.12. The van der Waals surface area contributed by atoms with Crippen molar-refractivity contribution >= 4 is 34.2 Å². The first-order valence-corrected chi connectivity index (χ1v) is 9.92. The number of aryl methyl sites for hydroxylation is 1. The van der Waals surface area contributed by atoms with Crippen molar-refractivity contribution in [2.24, 2.45) is 5.16 Å². The zero-order valence-electron chi connectivity index (χ0n) is 15.9. The molecule has 0 saturated carbocycles.